The molecule has 2 atom stereocenters. The van der Waals surface area contributed by atoms with Gasteiger partial charge >= 0.3 is 0 Å². The predicted molar refractivity (Wildman–Crippen MR) is 112 cm³/mol. The molecule has 2 aromatic carbocycles. The van der Waals surface area contributed by atoms with Crippen LogP contribution >= 0.6 is 0 Å². The lowest BCUT2D eigenvalue weighted by atomic mass is 9.96. The van der Waals surface area contributed by atoms with E-state index >= 15 is 0 Å². The van der Waals surface area contributed by atoms with E-state index in [2.05, 4.69) is 35.2 Å². The van der Waals surface area contributed by atoms with E-state index in [0.717, 1.165) is 48.7 Å². The molecule has 152 valence electrons. The molecule has 3 aliphatic heterocycles. The Hall–Kier alpha value is -2.53. The Bertz CT molecular complexity index is 889. The summed E-state index contributed by atoms with van der Waals surface area (Å²) in [5, 5.41) is 0. The van der Waals surface area contributed by atoms with E-state index in [-0.39, 0.29) is 12.0 Å². The molecule has 3 aliphatic rings. The second-order valence-corrected chi connectivity index (χ2v) is 8.45. The summed E-state index contributed by atoms with van der Waals surface area (Å²) < 4.78 is 10.9. The highest BCUT2D eigenvalue weighted by molar-refractivity contribution is 5.82. The van der Waals surface area contributed by atoms with Crippen LogP contribution in [0.1, 0.15) is 37.3 Å². The molecule has 0 N–H and O–H groups in total. The number of nitrogens with zero attached hydrogens (tertiary/aromatic N) is 2. The minimum atomic E-state index is 0.122. The van der Waals surface area contributed by atoms with Crippen molar-refractivity contribution < 1.29 is 14.3 Å². The zero-order chi connectivity index (χ0) is 19.8. The van der Waals surface area contributed by atoms with Crippen LogP contribution in [-0.2, 0) is 4.79 Å². The average molecular weight is 392 g/mol. The first-order chi connectivity index (χ1) is 14.2. The second-order valence-electron chi connectivity index (χ2n) is 8.45. The van der Waals surface area contributed by atoms with Crippen LogP contribution in [0.25, 0.3) is 11.1 Å². The van der Waals surface area contributed by atoms with Crippen molar-refractivity contribution in [1.29, 1.82) is 0 Å². The maximum Gasteiger partial charge on any atom is 0.231 e. The van der Waals surface area contributed by atoms with Gasteiger partial charge in [0.25, 0.3) is 0 Å². The molecule has 2 fully saturated rings. The van der Waals surface area contributed by atoms with Gasteiger partial charge in [-0.2, -0.15) is 0 Å². The molecule has 2 saturated heterocycles. The molecule has 0 saturated carbocycles. The van der Waals surface area contributed by atoms with Gasteiger partial charge in [-0.1, -0.05) is 36.8 Å². The number of carbonyl (C=O) groups excluding carboxylic acids is 1. The number of rotatable bonds is 4. The lowest BCUT2D eigenvalue weighted by molar-refractivity contribution is -0.131. The van der Waals surface area contributed by atoms with Crippen LogP contribution in [0, 0.1) is 5.92 Å². The molecule has 29 heavy (non-hydrogen) atoms. The number of likely N-dealkylation sites (tertiary alicyclic amines) is 2. The number of amides is 1. The molecule has 0 unspecified atom stereocenters. The van der Waals surface area contributed by atoms with Crippen molar-refractivity contribution >= 4 is 5.91 Å². The third-order valence-electron chi connectivity index (χ3n) is 6.60. The Balaban J connectivity index is 1.30. The van der Waals surface area contributed by atoms with Crippen LogP contribution in [-0.4, -0.2) is 49.2 Å². The molecule has 3 heterocycles. The van der Waals surface area contributed by atoms with E-state index in [9.17, 15) is 4.79 Å². The van der Waals surface area contributed by atoms with Crippen molar-refractivity contribution in [3.8, 4) is 22.6 Å². The molecule has 0 bridgehead atoms. The van der Waals surface area contributed by atoms with Crippen LogP contribution in [0.5, 0.6) is 11.5 Å². The smallest absolute Gasteiger partial charge is 0.231 e. The van der Waals surface area contributed by atoms with Crippen LogP contribution in [0.3, 0.4) is 0 Å². The van der Waals surface area contributed by atoms with Crippen molar-refractivity contribution in [2.24, 2.45) is 5.92 Å². The minimum absolute atomic E-state index is 0.122. The van der Waals surface area contributed by atoms with Gasteiger partial charge in [-0.25, -0.2) is 0 Å². The van der Waals surface area contributed by atoms with Gasteiger partial charge in [0.05, 0.1) is 12.0 Å². The van der Waals surface area contributed by atoms with Gasteiger partial charge in [0.15, 0.2) is 11.5 Å². The SMILES string of the molecule is CN1C(=O)[C@H](CN2CCCCC2)C[C@@H]1c1ccc(-c2ccc3c(c2)OCO3)cc1. The van der Waals surface area contributed by atoms with Crippen LogP contribution in [0.2, 0.25) is 0 Å². The van der Waals surface area contributed by atoms with Gasteiger partial charge in [-0.05, 0) is 61.2 Å². The molecule has 5 rings (SSSR count). The van der Waals surface area contributed by atoms with Crippen LogP contribution in [0.15, 0.2) is 42.5 Å². The van der Waals surface area contributed by atoms with E-state index in [1.54, 1.807) is 0 Å². The molecule has 0 aliphatic carbocycles. The zero-order valence-corrected chi connectivity index (χ0v) is 17.0. The molecule has 1 amide bonds. The Kier molecular flexibility index (Phi) is 4.92. The molecule has 2 aromatic rings. The van der Waals surface area contributed by atoms with Crippen LogP contribution in [0.4, 0.5) is 0 Å². The lowest BCUT2D eigenvalue weighted by Gasteiger charge is -2.28. The summed E-state index contributed by atoms with van der Waals surface area (Å²) in [5.41, 5.74) is 3.47. The summed E-state index contributed by atoms with van der Waals surface area (Å²) in [6, 6.07) is 14.8. The largest absolute Gasteiger partial charge is 0.454 e. The molecular formula is C24H28N2O3. The summed E-state index contributed by atoms with van der Waals surface area (Å²) in [7, 11) is 1.95. The van der Waals surface area contributed by atoms with Gasteiger partial charge in [-0.3, -0.25) is 4.79 Å². The number of hydrogen-bond acceptors (Lipinski definition) is 4. The van der Waals surface area contributed by atoms with Crippen LogP contribution < -0.4 is 9.47 Å². The fourth-order valence-corrected chi connectivity index (χ4v) is 4.91. The maximum atomic E-state index is 12.8. The topological polar surface area (TPSA) is 42.0 Å². The first-order valence-electron chi connectivity index (χ1n) is 10.7. The summed E-state index contributed by atoms with van der Waals surface area (Å²) in [4.78, 5) is 17.3. The van der Waals surface area contributed by atoms with E-state index in [1.165, 1.54) is 24.8 Å². The fraction of sp³-hybridized carbons (Fsp3) is 0.458. The number of benzene rings is 2. The summed E-state index contributed by atoms with van der Waals surface area (Å²) in [5.74, 6) is 2.02. The van der Waals surface area contributed by atoms with Crippen molar-refractivity contribution in [1.82, 2.24) is 9.80 Å². The van der Waals surface area contributed by atoms with Crippen molar-refractivity contribution in [2.45, 2.75) is 31.7 Å². The first-order valence-corrected chi connectivity index (χ1v) is 10.7. The third kappa shape index (κ3) is 3.60. The minimum Gasteiger partial charge on any atom is -0.454 e. The molecular weight excluding hydrogens is 364 g/mol. The molecule has 0 aromatic heterocycles. The normalized spacial score (nSPS) is 24.3. The number of carbonyl (C=O) groups is 1. The summed E-state index contributed by atoms with van der Waals surface area (Å²) in [6.45, 7) is 3.48. The van der Waals surface area contributed by atoms with Gasteiger partial charge in [0, 0.05) is 13.6 Å². The molecule has 5 nitrogen and oxygen atoms in total. The Morgan fingerprint density at radius 1 is 0.931 bits per heavy atom. The number of fused-ring (bicyclic) bond motifs is 1. The lowest BCUT2D eigenvalue weighted by Crippen LogP contribution is -2.36. The van der Waals surface area contributed by atoms with Crippen molar-refractivity contribution in [3.63, 3.8) is 0 Å². The highest BCUT2D eigenvalue weighted by Gasteiger charge is 2.38. The Morgan fingerprint density at radius 3 is 2.45 bits per heavy atom. The van der Waals surface area contributed by atoms with Crippen molar-refractivity contribution in [3.05, 3.63) is 48.0 Å². The van der Waals surface area contributed by atoms with Gasteiger partial charge < -0.3 is 19.3 Å². The highest BCUT2D eigenvalue weighted by Crippen LogP contribution is 2.38. The zero-order valence-electron chi connectivity index (χ0n) is 17.0. The number of hydrogen-bond donors (Lipinski definition) is 0. The van der Waals surface area contributed by atoms with E-state index in [4.69, 9.17) is 9.47 Å². The van der Waals surface area contributed by atoms with Gasteiger partial charge in [0.1, 0.15) is 0 Å². The Morgan fingerprint density at radius 2 is 1.66 bits per heavy atom. The van der Waals surface area contributed by atoms with Gasteiger partial charge in [0.2, 0.25) is 12.7 Å². The molecule has 0 radical (unpaired) electrons. The Labute approximate surface area is 172 Å². The third-order valence-corrected chi connectivity index (χ3v) is 6.60. The van der Waals surface area contributed by atoms with E-state index < -0.39 is 0 Å². The first kappa shape index (κ1) is 18.5. The maximum absolute atomic E-state index is 12.8. The average Bonchev–Trinajstić information content (AvgIpc) is 3.34. The van der Waals surface area contributed by atoms with Crippen molar-refractivity contribution in [2.75, 3.05) is 33.5 Å². The standard InChI is InChI=1S/C24H28N2O3/c1-25-21(13-20(24(25)27)15-26-11-3-2-4-12-26)18-7-5-17(6-8-18)19-9-10-22-23(14-19)29-16-28-22/h5-10,14,20-21H,2-4,11-13,15-16H2,1H3/t20-,21+/m0/s1. The fourth-order valence-electron chi connectivity index (χ4n) is 4.91. The van der Waals surface area contributed by atoms with Gasteiger partial charge in [-0.15, -0.1) is 0 Å². The molecule has 5 heteroatoms. The predicted octanol–water partition coefficient (Wildman–Crippen LogP) is 4.09. The molecule has 0 spiro atoms. The van der Waals surface area contributed by atoms with E-state index in [0.29, 0.717) is 12.7 Å². The number of piperidine rings is 1. The monoisotopic (exact) mass is 392 g/mol. The number of ether oxygens (including phenoxy) is 2. The second kappa shape index (κ2) is 7.71. The summed E-state index contributed by atoms with van der Waals surface area (Å²) in [6.07, 6.45) is 4.77. The highest BCUT2D eigenvalue weighted by atomic mass is 16.7. The quantitative estimate of drug-likeness (QED) is 0.786. The summed E-state index contributed by atoms with van der Waals surface area (Å²) >= 11 is 0. The van der Waals surface area contributed by atoms with E-state index in [1.807, 2.05) is 24.1 Å².